The molecule has 0 atom stereocenters. The molecule has 29 heavy (non-hydrogen) atoms. The normalized spacial score (nSPS) is 23.9. The van der Waals surface area contributed by atoms with Crippen molar-refractivity contribution in [1.29, 1.82) is 0 Å². The van der Waals surface area contributed by atoms with E-state index in [0.29, 0.717) is 0 Å². The first-order chi connectivity index (χ1) is 13.6. The van der Waals surface area contributed by atoms with Gasteiger partial charge in [0.15, 0.2) is 5.96 Å². The summed E-state index contributed by atoms with van der Waals surface area (Å²) in [6.07, 6.45) is 10.6. The summed E-state index contributed by atoms with van der Waals surface area (Å²) in [4.78, 5) is 10.1. The third kappa shape index (κ3) is 7.12. The van der Waals surface area contributed by atoms with Crippen LogP contribution in [0, 0.1) is 11.8 Å². The van der Waals surface area contributed by atoms with Crippen LogP contribution in [0.2, 0.25) is 0 Å². The molecule has 0 spiro atoms. The quantitative estimate of drug-likeness (QED) is 0.358. The number of piperazine rings is 1. The highest BCUT2D eigenvalue weighted by Gasteiger charge is 2.29. The smallest absolute Gasteiger partial charge is 0.194 e. The lowest BCUT2D eigenvalue weighted by Crippen LogP contribution is -2.55. The maximum Gasteiger partial charge on any atom is 0.194 e. The second kappa shape index (κ2) is 12.1. The Morgan fingerprint density at radius 3 is 2.41 bits per heavy atom. The van der Waals surface area contributed by atoms with Gasteiger partial charge in [0, 0.05) is 58.6 Å². The molecule has 7 heteroatoms. The predicted molar refractivity (Wildman–Crippen MR) is 132 cm³/mol. The zero-order valence-electron chi connectivity index (χ0n) is 18.8. The molecule has 0 bridgehead atoms. The van der Waals surface area contributed by atoms with Crippen molar-refractivity contribution < 1.29 is 0 Å². The van der Waals surface area contributed by atoms with Crippen molar-refractivity contribution in [3.8, 4) is 0 Å². The Morgan fingerprint density at radius 1 is 1.17 bits per heavy atom. The number of aromatic nitrogens is 2. The summed E-state index contributed by atoms with van der Waals surface area (Å²) in [6, 6.07) is 0.808. The summed E-state index contributed by atoms with van der Waals surface area (Å²) in [5, 5.41) is 7.74. The van der Waals surface area contributed by atoms with Gasteiger partial charge in [-0.3, -0.25) is 14.6 Å². The Hall–Kier alpha value is -0.830. The van der Waals surface area contributed by atoms with Gasteiger partial charge in [-0.1, -0.05) is 13.8 Å². The minimum Gasteiger partial charge on any atom is -0.357 e. The van der Waals surface area contributed by atoms with Crippen LogP contribution in [0.4, 0.5) is 0 Å². The average Bonchev–Trinajstić information content (AvgIpc) is 3.12. The number of nitrogens with zero attached hydrogens (tertiary/aromatic N) is 5. The third-order valence-corrected chi connectivity index (χ3v) is 6.57. The van der Waals surface area contributed by atoms with Gasteiger partial charge in [0.2, 0.25) is 0 Å². The number of halogens is 1. The first-order valence-corrected chi connectivity index (χ1v) is 11.3. The van der Waals surface area contributed by atoms with Crippen LogP contribution in [-0.2, 0) is 13.5 Å². The summed E-state index contributed by atoms with van der Waals surface area (Å²) >= 11 is 0. The zero-order valence-corrected chi connectivity index (χ0v) is 21.1. The van der Waals surface area contributed by atoms with E-state index in [1.807, 2.05) is 17.9 Å². The Kier molecular flexibility index (Phi) is 10.2. The number of aryl methyl sites for hydroxylation is 1. The standard InChI is InChI=1S/C22H40N6.HI/c1-5-23-22(24-11-10-19-16-25-26(4)17-19)28-14-12-27(13-15-28)21-8-6-20(7-9-21)18(2)3;/h16-18,20-21H,5-15H2,1-4H3,(H,23,24);1H. The summed E-state index contributed by atoms with van der Waals surface area (Å²) < 4.78 is 1.86. The molecular weight excluding hydrogens is 475 g/mol. The number of aliphatic imine (C=N–C) groups is 1. The Morgan fingerprint density at radius 2 is 1.86 bits per heavy atom. The molecule has 2 aliphatic rings. The highest BCUT2D eigenvalue weighted by molar-refractivity contribution is 14.0. The van der Waals surface area contributed by atoms with E-state index in [4.69, 9.17) is 4.99 Å². The van der Waals surface area contributed by atoms with Gasteiger partial charge in [-0.2, -0.15) is 5.10 Å². The fraction of sp³-hybridized carbons (Fsp3) is 0.818. The lowest BCUT2D eigenvalue weighted by molar-refractivity contribution is 0.0864. The molecule has 1 N–H and O–H groups in total. The minimum atomic E-state index is 0. The van der Waals surface area contributed by atoms with Crippen LogP contribution in [0.25, 0.3) is 0 Å². The van der Waals surface area contributed by atoms with Crippen molar-refractivity contribution in [2.75, 3.05) is 39.3 Å². The van der Waals surface area contributed by atoms with E-state index in [2.05, 4.69) is 47.2 Å². The number of nitrogens with one attached hydrogen (secondary N) is 1. The van der Waals surface area contributed by atoms with E-state index in [9.17, 15) is 0 Å². The van der Waals surface area contributed by atoms with E-state index in [0.717, 1.165) is 56.4 Å². The van der Waals surface area contributed by atoms with Gasteiger partial charge in [0.25, 0.3) is 0 Å². The Bertz CT molecular complexity index is 613. The topological polar surface area (TPSA) is 48.7 Å². The molecule has 166 valence electrons. The number of hydrogen-bond donors (Lipinski definition) is 1. The van der Waals surface area contributed by atoms with E-state index in [1.165, 1.54) is 44.3 Å². The molecule has 1 aromatic rings. The summed E-state index contributed by atoms with van der Waals surface area (Å²) in [5.74, 6) is 2.88. The van der Waals surface area contributed by atoms with Gasteiger partial charge in [0.1, 0.15) is 0 Å². The lowest BCUT2D eigenvalue weighted by Gasteiger charge is -2.43. The van der Waals surface area contributed by atoms with E-state index in [-0.39, 0.29) is 24.0 Å². The molecule has 1 aromatic heterocycles. The Balaban J connectivity index is 0.00000300. The maximum atomic E-state index is 4.88. The van der Waals surface area contributed by atoms with Crippen LogP contribution < -0.4 is 5.32 Å². The van der Waals surface area contributed by atoms with Crippen LogP contribution in [0.1, 0.15) is 52.0 Å². The monoisotopic (exact) mass is 516 g/mol. The number of hydrogen-bond acceptors (Lipinski definition) is 3. The predicted octanol–water partition coefficient (Wildman–Crippen LogP) is 3.38. The van der Waals surface area contributed by atoms with Gasteiger partial charge in [-0.25, -0.2) is 0 Å². The second-order valence-corrected chi connectivity index (χ2v) is 8.84. The van der Waals surface area contributed by atoms with Crippen molar-refractivity contribution >= 4 is 29.9 Å². The molecule has 2 fully saturated rings. The van der Waals surface area contributed by atoms with Gasteiger partial charge in [0.05, 0.1) is 6.20 Å². The SMILES string of the molecule is CCNC(=NCCc1cnn(C)c1)N1CCN(C2CCC(C(C)C)CC2)CC1.I. The molecule has 2 heterocycles. The molecular formula is C22H41IN6. The van der Waals surface area contributed by atoms with E-state index in [1.54, 1.807) is 0 Å². The minimum absolute atomic E-state index is 0. The molecule has 3 rings (SSSR count). The van der Waals surface area contributed by atoms with E-state index < -0.39 is 0 Å². The Labute approximate surface area is 194 Å². The molecule has 1 aliphatic heterocycles. The highest BCUT2D eigenvalue weighted by Crippen LogP contribution is 2.32. The molecule has 6 nitrogen and oxygen atoms in total. The van der Waals surface area contributed by atoms with Crippen LogP contribution in [-0.4, -0.2) is 70.9 Å². The van der Waals surface area contributed by atoms with Gasteiger partial charge in [-0.15, -0.1) is 24.0 Å². The fourth-order valence-corrected chi connectivity index (χ4v) is 4.75. The summed E-state index contributed by atoms with van der Waals surface area (Å²) in [6.45, 7) is 13.2. The molecule has 1 saturated carbocycles. The first-order valence-electron chi connectivity index (χ1n) is 11.3. The molecule has 1 saturated heterocycles. The van der Waals surface area contributed by atoms with Crippen molar-refractivity contribution in [1.82, 2.24) is 24.9 Å². The van der Waals surface area contributed by atoms with Crippen LogP contribution in [0.5, 0.6) is 0 Å². The number of guanidine groups is 1. The fourth-order valence-electron chi connectivity index (χ4n) is 4.75. The second-order valence-electron chi connectivity index (χ2n) is 8.84. The largest absolute Gasteiger partial charge is 0.357 e. The van der Waals surface area contributed by atoms with Gasteiger partial charge in [-0.05, 0) is 56.4 Å². The van der Waals surface area contributed by atoms with Crippen LogP contribution >= 0.6 is 24.0 Å². The maximum absolute atomic E-state index is 4.88. The van der Waals surface area contributed by atoms with Crippen molar-refractivity contribution in [3.05, 3.63) is 18.0 Å². The lowest BCUT2D eigenvalue weighted by atomic mass is 9.79. The van der Waals surface area contributed by atoms with Crippen LogP contribution in [0.3, 0.4) is 0 Å². The highest BCUT2D eigenvalue weighted by atomic mass is 127. The first kappa shape index (κ1) is 24.4. The molecule has 0 amide bonds. The van der Waals surface area contributed by atoms with Crippen molar-refractivity contribution in [3.63, 3.8) is 0 Å². The zero-order chi connectivity index (χ0) is 19.9. The van der Waals surface area contributed by atoms with Crippen molar-refractivity contribution in [2.45, 2.75) is 58.9 Å². The van der Waals surface area contributed by atoms with Crippen molar-refractivity contribution in [2.24, 2.45) is 23.9 Å². The van der Waals surface area contributed by atoms with E-state index >= 15 is 0 Å². The third-order valence-electron chi connectivity index (χ3n) is 6.57. The van der Waals surface area contributed by atoms with Gasteiger partial charge >= 0.3 is 0 Å². The van der Waals surface area contributed by atoms with Gasteiger partial charge < -0.3 is 10.2 Å². The number of rotatable bonds is 6. The average molecular weight is 517 g/mol. The summed E-state index contributed by atoms with van der Waals surface area (Å²) in [7, 11) is 1.96. The molecule has 0 aromatic carbocycles. The molecule has 1 aliphatic carbocycles. The van der Waals surface area contributed by atoms with Crippen LogP contribution in [0.15, 0.2) is 17.4 Å². The molecule has 0 radical (unpaired) electrons. The summed E-state index contributed by atoms with van der Waals surface area (Å²) in [5.41, 5.74) is 1.25. The molecule has 0 unspecified atom stereocenters.